The number of aryl methyl sites for hydroxylation is 1. The van der Waals surface area contributed by atoms with Gasteiger partial charge in [-0.15, -0.1) is 0 Å². The second-order valence-electron chi connectivity index (χ2n) is 5.81. The fourth-order valence-electron chi connectivity index (χ4n) is 3.21. The van der Waals surface area contributed by atoms with Gasteiger partial charge in [0.2, 0.25) is 0 Å². The van der Waals surface area contributed by atoms with E-state index < -0.39 is 0 Å². The molecule has 1 atom stereocenters. The fraction of sp³-hybridized carbons (Fsp3) is 0.647. The van der Waals surface area contributed by atoms with Gasteiger partial charge in [0.15, 0.2) is 0 Å². The summed E-state index contributed by atoms with van der Waals surface area (Å²) < 4.78 is 0. The van der Waals surface area contributed by atoms with Crippen molar-refractivity contribution >= 4 is 11.6 Å². The molecule has 1 aromatic rings. The third-order valence-corrected chi connectivity index (χ3v) is 4.81. The Morgan fingerprint density at radius 3 is 2.68 bits per heavy atom. The van der Waals surface area contributed by atoms with Gasteiger partial charge in [0.05, 0.1) is 0 Å². The van der Waals surface area contributed by atoms with E-state index in [0.717, 1.165) is 17.5 Å². The third-order valence-electron chi connectivity index (χ3n) is 4.29. The smallest absolute Gasteiger partial charge is 0.0483 e. The number of rotatable bonds is 5. The van der Waals surface area contributed by atoms with Crippen molar-refractivity contribution in [3.63, 3.8) is 0 Å². The van der Waals surface area contributed by atoms with E-state index in [-0.39, 0.29) is 0 Å². The Morgan fingerprint density at radius 2 is 2.00 bits per heavy atom. The van der Waals surface area contributed by atoms with Crippen molar-refractivity contribution in [1.29, 1.82) is 0 Å². The monoisotopic (exact) mass is 279 g/mol. The molecule has 1 fully saturated rings. The summed E-state index contributed by atoms with van der Waals surface area (Å²) in [6, 6.07) is 6.88. The van der Waals surface area contributed by atoms with Crippen LogP contribution in [-0.2, 0) is 0 Å². The van der Waals surface area contributed by atoms with Gasteiger partial charge in [0.25, 0.3) is 0 Å². The quantitative estimate of drug-likeness (QED) is 0.774. The number of hydrogen-bond acceptors (Lipinski definition) is 1. The van der Waals surface area contributed by atoms with E-state index in [2.05, 4.69) is 37.4 Å². The average molecular weight is 280 g/mol. The summed E-state index contributed by atoms with van der Waals surface area (Å²) in [5.41, 5.74) is 2.50. The lowest BCUT2D eigenvalue weighted by atomic mass is 9.81. The van der Waals surface area contributed by atoms with Crippen LogP contribution in [0.2, 0.25) is 5.02 Å². The SMILES string of the molecule is CCCNC(c1cccc(C)c1Cl)C1CCCCC1. The van der Waals surface area contributed by atoms with Crippen molar-refractivity contribution in [3.05, 3.63) is 34.3 Å². The molecule has 1 N–H and O–H groups in total. The Bertz CT molecular complexity index is 396. The van der Waals surface area contributed by atoms with Crippen LogP contribution in [0.15, 0.2) is 18.2 Å². The number of hydrogen-bond donors (Lipinski definition) is 1. The van der Waals surface area contributed by atoms with Gasteiger partial charge in [0, 0.05) is 11.1 Å². The first kappa shape index (κ1) is 14.9. The lowest BCUT2D eigenvalue weighted by Crippen LogP contribution is -2.30. The van der Waals surface area contributed by atoms with Crippen LogP contribution in [0.3, 0.4) is 0 Å². The fourth-order valence-corrected chi connectivity index (χ4v) is 3.45. The topological polar surface area (TPSA) is 12.0 Å². The molecule has 0 heterocycles. The molecule has 2 heteroatoms. The molecule has 106 valence electrons. The maximum Gasteiger partial charge on any atom is 0.0483 e. The number of nitrogens with one attached hydrogen (secondary N) is 1. The molecule has 2 rings (SSSR count). The van der Waals surface area contributed by atoms with Crippen LogP contribution in [0.1, 0.15) is 62.6 Å². The second kappa shape index (κ2) is 7.31. The van der Waals surface area contributed by atoms with Crippen LogP contribution in [0, 0.1) is 12.8 Å². The van der Waals surface area contributed by atoms with Gasteiger partial charge in [-0.2, -0.15) is 0 Å². The van der Waals surface area contributed by atoms with Gasteiger partial charge < -0.3 is 5.32 Å². The molecule has 0 radical (unpaired) electrons. The first-order valence-corrected chi connectivity index (χ1v) is 8.10. The Hall–Kier alpha value is -0.530. The first-order chi connectivity index (χ1) is 9.24. The van der Waals surface area contributed by atoms with Crippen LogP contribution in [-0.4, -0.2) is 6.54 Å². The highest BCUT2D eigenvalue weighted by molar-refractivity contribution is 6.32. The van der Waals surface area contributed by atoms with Crippen LogP contribution in [0.5, 0.6) is 0 Å². The molecule has 0 amide bonds. The molecule has 0 aromatic heterocycles. The summed E-state index contributed by atoms with van der Waals surface area (Å²) in [4.78, 5) is 0. The molecule has 19 heavy (non-hydrogen) atoms. The maximum atomic E-state index is 6.55. The lowest BCUT2D eigenvalue weighted by molar-refractivity contribution is 0.272. The molecular weight excluding hydrogens is 254 g/mol. The van der Waals surface area contributed by atoms with Gasteiger partial charge in [-0.25, -0.2) is 0 Å². The predicted octanol–water partition coefficient (Wildman–Crippen LogP) is 5.27. The molecule has 1 aromatic carbocycles. The van der Waals surface area contributed by atoms with Crippen molar-refractivity contribution in [1.82, 2.24) is 5.32 Å². The summed E-state index contributed by atoms with van der Waals surface area (Å²) in [6.07, 6.45) is 8.00. The normalized spacial score (nSPS) is 18.5. The van der Waals surface area contributed by atoms with Gasteiger partial charge in [-0.05, 0) is 49.8 Å². The zero-order chi connectivity index (χ0) is 13.7. The minimum absolute atomic E-state index is 0.438. The van der Waals surface area contributed by atoms with Crippen LogP contribution < -0.4 is 5.32 Å². The minimum Gasteiger partial charge on any atom is -0.310 e. The molecule has 0 bridgehead atoms. The van der Waals surface area contributed by atoms with Crippen molar-refractivity contribution in [2.24, 2.45) is 5.92 Å². The van der Waals surface area contributed by atoms with Gasteiger partial charge in [0.1, 0.15) is 0 Å². The Morgan fingerprint density at radius 1 is 1.26 bits per heavy atom. The minimum atomic E-state index is 0.438. The molecular formula is C17H26ClN. The van der Waals surface area contributed by atoms with E-state index in [1.54, 1.807) is 0 Å². The largest absolute Gasteiger partial charge is 0.310 e. The number of benzene rings is 1. The summed E-state index contributed by atoms with van der Waals surface area (Å²) in [7, 11) is 0. The van der Waals surface area contributed by atoms with E-state index in [9.17, 15) is 0 Å². The summed E-state index contributed by atoms with van der Waals surface area (Å²) in [6.45, 7) is 5.40. The molecule has 1 saturated carbocycles. The summed E-state index contributed by atoms with van der Waals surface area (Å²) in [5.74, 6) is 0.750. The molecule has 0 saturated heterocycles. The Labute approximate surface area is 122 Å². The first-order valence-electron chi connectivity index (χ1n) is 7.72. The third kappa shape index (κ3) is 3.73. The Balaban J connectivity index is 2.22. The highest BCUT2D eigenvalue weighted by Crippen LogP contribution is 2.37. The number of halogens is 1. The maximum absolute atomic E-state index is 6.55. The highest BCUT2D eigenvalue weighted by atomic mass is 35.5. The van der Waals surface area contributed by atoms with Crippen LogP contribution in [0.25, 0.3) is 0 Å². The Kier molecular flexibility index (Phi) is 5.72. The van der Waals surface area contributed by atoms with E-state index >= 15 is 0 Å². The van der Waals surface area contributed by atoms with Crippen LogP contribution >= 0.6 is 11.6 Å². The molecule has 1 unspecified atom stereocenters. The lowest BCUT2D eigenvalue weighted by Gasteiger charge is -2.32. The predicted molar refractivity (Wildman–Crippen MR) is 83.8 cm³/mol. The van der Waals surface area contributed by atoms with Crippen molar-refractivity contribution < 1.29 is 0 Å². The van der Waals surface area contributed by atoms with Gasteiger partial charge >= 0.3 is 0 Å². The van der Waals surface area contributed by atoms with E-state index in [0.29, 0.717) is 6.04 Å². The van der Waals surface area contributed by atoms with Gasteiger partial charge in [-0.3, -0.25) is 0 Å². The molecule has 0 aliphatic heterocycles. The summed E-state index contributed by atoms with van der Waals surface area (Å²) in [5, 5.41) is 4.70. The highest BCUT2D eigenvalue weighted by Gasteiger charge is 2.26. The van der Waals surface area contributed by atoms with E-state index in [4.69, 9.17) is 11.6 Å². The van der Waals surface area contributed by atoms with Crippen LogP contribution in [0.4, 0.5) is 0 Å². The zero-order valence-corrected chi connectivity index (χ0v) is 13.0. The average Bonchev–Trinajstić information content (AvgIpc) is 2.45. The van der Waals surface area contributed by atoms with E-state index in [1.165, 1.54) is 49.7 Å². The molecule has 1 nitrogen and oxygen atoms in total. The van der Waals surface area contributed by atoms with Crippen molar-refractivity contribution in [2.45, 2.75) is 58.4 Å². The summed E-state index contributed by atoms with van der Waals surface area (Å²) >= 11 is 6.55. The molecule has 1 aliphatic carbocycles. The van der Waals surface area contributed by atoms with E-state index in [1.807, 2.05) is 0 Å². The van der Waals surface area contributed by atoms with Crippen molar-refractivity contribution in [2.75, 3.05) is 6.54 Å². The second-order valence-corrected chi connectivity index (χ2v) is 6.19. The van der Waals surface area contributed by atoms with Gasteiger partial charge in [-0.1, -0.05) is 56.0 Å². The van der Waals surface area contributed by atoms with Crippen molar-refractivity contribution in [3.8, 4) is 0 Å². The standard InChI is InChI=1S/C17H26ClN/c1-3-12-19-17(14-9-5-4-6-10-14)15-11-7-8-13(2)16(15)18/h7-8,11,14,17,19H,3-6,9-10,12H2,1-2H3. The molecule has 0 spiro atoms. The zero-order valence-electron chi connectivity index (χ0n) is 12.2. The molecule has 1 aliphatic rings.